The van der Waals surface area contributed by atoms with Crippen molar-refractivity contribution in [2.45, 2.75) is 38.5 Å². The maximum atomic E-state index is 9.08. The molecule has 2 heterocycles. The van der Waals surface area contributed by atoms with Gasteiger partial charge in [0, 0.05) is 98.8 Å². The van der Waals surface area contributed by atoms with Gasteiger partial charge < -0.3 is 14.7 Å². The number of anilines is 1. The molecule has 0 spiro atoms. The van der Waals surface area contributed by atoms with E-state index in [1.165, 1.54) is 55.5 Å². The van der Waals surface area contributed by atoms with Crippen LogP contribution in [0.2, 0.25) is 0 Å². The molecular formula is C33H37N2O6S2Y-. The van der Waals surface area contributed by atoms with E-state index in [0.717, 1.165) is 12.0 Å². The standard InChI is InChI=1S/C31H31N2.2CH4O3S.Y/c1-30(2)26(32(5)24-17-15-20-11-7-9-13-22(20)28(24)30)19-27-31(3,4)29-23-14-10-8-12-21(23)16-18-25(29)33(27)6;1-5(2,3)4;1-5-4-3-2;/h7-19H,1-6H3;1H3,(H,2,3,4);2H,1H3;/q+1;;;/p-2. The summed E-state index contributed by atoms with van der Waals surface area (Å²) in [6.07, 6.45) is 4.65. The van der Waals surface area contributed by atoms with Crippen LogP contribution in [0.4, 0.5) is 11.4 Å². The first-order chi connectivity index (χ1) is 20.1. The molecule has 0 amide bonds. The summed E-state index contributed by atoms with van der Waals surface area (Å²) in [5.41, 5.74) is 7.99. The number of likely N-dealkylation sites (N-methyl/N-ethyl adjacent to an activating group) is 1. The number of hydrogen-bond acceptors (Lipinski definition) is 8. The first kappa shape index (κ1) is 36.3. The number of allylic oxidation sites excluding steroid dienone is 2. The van der Waals surface area contributed by atoms with Crippen molar-refractivity contribution in [1.29, 1.82) is 0 Å². The second-order valence-electron chi connectivity index (χ2n) is 11.7. The number of nitrogens with zero attached hydrogens (tertiary/aromatic N) is 2. The van der Waals surface area contributed by atoms with Crippen LogP contribution in [-0.4, -0.2) is 49.9 Å². The quantitative estimate of drug-likeness (QED) is 0.0845. The van der Waals surface area contributed by atoms with Gasteiger partial charge in [-0.15, -0.1) is 0 Å². The molecule has 0 aliphatic carbocycles. The fourth-order valence-corrected chi connectivity index (χ4v) is 6.51. The normalized spacial score (nSPS) is 17.0. The summed E-state index contributed by atoms with van der Waals surface area (Å²) >= 11 is 0.867. The average Bonchev–Trinajstić information content (AvgIpc) is 3.27. The van der Waals surface area contributed by atoms with Gasteiger partial charge in [-0.05, 0) is 53.1 Å². The molecular weight excluding hydrogens is 673 g/mol. The van der Waals surface area contributed by atoms with Crippen LogP contribution in [0.15, 0.2) is 84.6 Å². The second-order valence-corrected chi connectivity index (χ2v) is 13.5. The Bertz CT molecular complexity index is 1840. The van der Waals surface area contributed by atoms with Gasteiger partial charge in [0.2, 0.25) is 5.69 Å². The van der Waals surface area contributed by atoms with Gasteiger partial charge in [-0.25, -0.2) is 8.42 Å². The van der Waals surface area contributed by atoms with E-state index in [-0.39, 0.29) is 43.5 Å². The molecule has 0 saturated carbocycles. The molecule has 0 saturated heterocycles. The Balaban J connectivity index is 0.000000421. The van der Waals surface area contributed by atoms with Crippen LogP contribution in [0.5, 0.6) is 0 Å². The van der Waals surface area contributed by atoms with Crippen LogP contribution >= 0.6 is 12.0 Å². The van der Waals surface area contributed by atoms with Crippen molar-refractivity contribution < 1.29 is 64.9 Å². The largest absolute Gasteiger partial charge is 0.748 e. The SMILES string of the molecule is CN1C(=CC2=[N+](C)c3ccc4ccccc4c3C2(C)C)C(C)(C)c2c1ccc1ccccc21.CS(=O)(=O)[O-].CSOO[O-].[Y]. The minimum atomic E-state index is -3.92. The van der Waals surface area contributed by atoms with Gasteiger partial charge in [0.05, 0.1) is 15.5 Å². The molecule has 0 fully saturated rings. The van der Waals surface area contributed by atoms with Crippen molar-refractivity contribution in [3.63, 3.8) is 0 Å². The minimum absolute atomic E-state index is 0. The Morgan fingerprint density at radius 2 is 1.36 bits per heavy atom. The molecule has 11 heteroatoms. The van der Waals surface area contributed by atoms with Crippen molar-refractivity contribution in [1.82, 2.24) is 0 Å². The van der Waals surface area contributed by atoms with E-state index in [9.17, 15) is 0 Å². The Labute approximate surface area is 289 Å². The number of benzene rings is 4. The Kier molecular flexibility index (Phi) is 11.6. The maximum absolute atomic E-state index is 9.08. The van der Waals surface area contributed by atoms with Crippen LogP contribution in [0, 0.1) is 0 Å². The smallest absolute Gasteiger partial charge is 0.210 e. The van der Waals surface area contributed by atoms with Gasteiger partial charge in [0.15, 0.2) is 5.71 Å². The van der Waals surface area contributed by atoms with Crippen LogP contribution in [0.1, 0.15) is 38.8 Å². The van der Waals surface area contributed by atoms with Gasteiger partial charge in [0.1, 0.15) is 7.05 Å². The van der Waals surface area contributed by atoms with E-state index in [1.54, 1.807) is 6.26 Å². The molecule has 2 aliphatic heterocycles. The van der Waals surface area contributed by atoms with Crippen LogP contribution < -0.4 is 10.2 Å². The third-order valence-corrected chi connectivity index (χ3v) is 8.35. The molecule has 6 rings (SSSR count). The summed E-state index contributed by atoms with van der Waals surface area (Å²) in [5, 5.41) is 17.0. The van der Waals surface area contributed by atoms with Crippen molar-refractivity contribution >= 4 is 60.8 Å². The molecule has 0 bridgehead atoms. The first-order valence-electron chi connectivity index (χ1n) is 13.7. The molecule has 44 heavy (non-hydrogen) atoms. The van der Waals surface area contributed by atoms with Gasteiger partial charge in [-0.1, -0.05) is 68.4 Å². The van der Waals surface area contributed by atoms with E-state index < -0.39 is 10.1 Å². The summed E-state index contributed by atoms with van der Waals surface area (Å²) in [4.78, 5) is 2.40. The summed E-state index contributed by atoms with van der Waals surface area (Å²) in [6.45, 7) is 9.49. The zero-order chi connectivity index (χ0) is 31.7. The van der Waals surface area contributed by atoms with Gasteiger partial charge >= 0.3 is 0 Å². The Morgan fingerprint density at radius 3 is 1.86 bits per heavy atom. The second kappa shape index (κ2) is 14.1. The van der Waals surface area contributed by atoms with Crippen molar-refractivity contribution in [2.24, 2.45) is 0 Å². The summed E-state index contributed by atoms with van der Waals surface area (Å²) in [5.74, 6) is 0. The average molecular weight is 711 g/mol. The van der Waals surface area contributed by atoms with Crippen molar-refractivity contribution in [3.05, 3.63) is 95.7 Å². The Morgan fingerprint density at radius 1 is 0.864 bits per heavy atom. The molecule has 0 N–H and O–H groups in total. The van der Waals surface area contributed by atoms with Crippen LogP contribution in [0.3, 0.4) is 0 Å². The first-order valence-corrected chi connectivity index (χ1v) is 16.6. The molecule has 0 aromatic heterocycles. The molecule has 8 nitrogen and oxygen atoms in total. The van der Waals surface area contributed by atoms with Crippen LogP contribution in [0.25, 0.3) is 21.5 Å². The number of hydrogen-bond donors (Lipinski definition) is 0. The van der Waals surface area contributed by atoms with Gasteiger partial charge in [0.25, 0.3) is 0 Å². The Hall–Kier alpha value is -2.15. The summed E-state index contributed by atoms with van der Waals surface area (Å²) in [7, 11) is 0.526. The fraction of sp³-hybridized carbons (Fsp3) is 0.303. The molecule has 4 aromatic rings. The van der Waals surface area contributed by atoms with Crippen molar-refractivity contribution in [2.75, 3.05) is 31.5 Å². The molecule has 4 aromatic carbocycles. The summed E-state index contributed by atoms with van der Waals surface area (Å²) in [6, 6.07) is 26.6. The zero-order valence-electron chi connectivity index (χ0n) is 26.2. The van der Waals surface area contributed by atoms with Gasteiger partial charge in [-0.3, -0.25) is 5.04 Å². The molecule has 1 radical (unpaired) electrons. The predicted molar refractivity (Wildman–Crippen MR) is 173 cm³/mol. The minimum Gasteiger partial charge on any atom is -0.748 e. The zero-order valence-corrected chi connectivity index (χ0v) is 30.7. The number of fused-ring (bicyclic) bond motifs is 6. The van der Waals surface area contributed by atoms with E-state index in [2.05, 4.69) is 140 Å². The van der Waals surface area contributed by atoms with E-state index >= 15 is 0 Å². The summed E-state index contributed by atoms with van der Waals surface area (Å²) < 4.78 is 33.3. The molecule has 2 aliphatic rings. The fourth-order valence-electron chi connectivity index (χ4n) is 6.46. The molecule has 231 valence electrons. The molecule has 0 atom stereocenters. The third-order valence-electron chi connectivity index (χ3n) is 8.16. The van der Waals surface area contributed by atoms with E-state index in [0.29, 0.717) is 6.26 Å². The topological polar surface area (TPSA) is 105 Å². The van der Waals surface area contributed by atoms with E-state index in [4.69, 9.17) is 18.2 Å². The van der Waals surface area contributed by atoms with Gasteiger partial charge in [-0.2, -0.15) is 8.91 Å². The molecule has 0 unspecified atom stereocenters. The monoisotopic (exact) mass is 710 g/mol. The third kappa shape index (κ3) is 7.13. The predicted octanol–water partition coefficient (Wildman–Crippen LogP) is 5.96. The van der Waals surface area contributed by atoms with E-state index in [1.807, 2.05) is 0 Å². The maximum Gasteiger partial charge on any atom is 0.210 e. The van der Waals surface area contributed by atoms with Crippen LogP contribution in [-0.2, 0) is 63.0 Å². The van der Waals surface area contributed by atoms with Crippen molar-refractivity contribution in [3.8, 4) is 0 Å². The number of rotatable bonds is 3.